The summed E-state index contributed by atoms with van der Waals surface area (Å²) in [6.45, 7) is 4.39. The van der Waals surface area contributed by atoms with Gasteiger partial charge in [0.1, 0.15) is 0 Å². The van der Waals surface area contributed by atoms with Crippen LogP contribution in [0, 0.1) is 0 Å². The lowest BCUT2D eigenvalue weighted by molar-refractivity contribution is 0.720. The van der Waals surface area contributed by atoms with E-state index in [9.17, 15) is 0 Å². The molecule has 0 aliphatic heterocycles. The number of hydrogen-bond acceptors (Lipinski definition) is 3. The van der Waals surface area contributed by atoms with Crippen molar-refractivity contribution in [3.8, 4) is 0 Å². The SMILES string of the molecule is C/C=N/NN=NCC. The molecule has 0 aromatic carbocycles. The van der Waals surface area contributed by atoms with Crippen LogP contribution < -0.4 is 5.53 Å². The van der Waals surface area contributed by atoms with Gasteiger partial charge in [-0.3, -0.25) is 0 Å². The maximum atomic E-state index is 3.61. The van der Waals surface area contributed by atoms with Crippen molar-refractivity contribution in [2.45, 2.75) is 13.8 Å². The Morgan fingerprint density at radius 1 is 1.62 bits per heavy atom. The Balaban J connectivity index is 3.03. The van der Waals surface area contributed by atoms with Crippen LogP contribution in [0.5, 0.6) is 0 Å². The van der Waals surface area contributed by atoms with Gasteiger partial charge >= 0.3 is 0 Å². The summed E-state index contributed by atoms with van der Waals surface area (Å²) in [5.41, 5.74) is 2.36. The molecule has 0 radical (unpaired) electrons. The monoisotopic (exact) mass is 114 g/mol. The van der Waals surface area contributed by atoms with E-state index in [4.69, 9.17) is 0 Å². The van der Waals surface area contributed by atoms with Crippen LogP contribution >= 0.6 is 0 Å². The highest BCUT2D eigenvalue weighted by Crippen LogP contribution is 1.66. The molecule has 0 bridgehead atoms. The Hall–Kier alpha value is -0.930. The van der Waals surface area contributed by atoms with E-state index in [1.54, 1.807) is 13.1 Å². The van der Waals surface area contributed by atoms with Crippen LogP contribution in [0.2, 0.25) is 0 Å². The normalized spacial score (nSPS) is 11.2. The predicted octanol–water partition coefficient (Wildman–Crippen LogP) is 0.969. The molecular weight excluding hydrogens is 104 g/mol. The molecule has 0 aliphatic carbocycles. The maximum Gasteiger partial charge on any atom is 0.0592 e. The molecule has 8 heavy (non-hydrogen) atoms. The molecule has 0 spiro atoms. The van der Waals surface area contributed by atoms with Gasteiger partial charge in [0.2, 0.25) is 0 Å². The van der Waals surface area contributed by atoms with Gasteiger partial charge in [-0.15, -0.1) is 0 Å². The van der Waals surface area contributed by atoms with Crippen molar-refractivity contribution >= 4 is 6.21 Å². The first-order valence-corrected chi connectivity index (χ1v) is 2.51. The Morgan fingerprint density at radius 3 is 2.88 bits per heavy atom. The van der Waals surface area contributed by atoms with Gasteiger partial charge in [-0.05, 0) is 13.8 Å². The quantitative estimate of drug-likeness (QED) is 0.331. The number of nitrogens with one attached hydrogen (secondary N) is 1. The summed E-state index contributed by atoms with van der Waals surface area (Å²) in [5, 5.41) is 10.6. The van der Waals surface area contributed by atoms with Crippen molar-refractivity contribution in [3.63, 3.8) is 0 Å². The lowest BCUT2D eigenvalue weighted by atomic mass is 10.8. The molecule has 4 heteroatoms. The molecule has 0 heterocycles. The lowest BCUT2D eigenvalue weighted by Crippen LogP contribution is -1.90. The van der Waals surface area contributed by atoms with Crippen LogP contribution in [0.4, 0.5) is 0 Å². The van der Waals surface area contributed by atoms with E-state index >= 15 is 0 Å². The van der Waals surface area contributed by atoms with Crippen molar-refractivity contribution in [1.29, 1.82) is 0 Å². The summed E-state index contributed by atoms with van der Waals surface area (Å²) in [5.74, 6) is 0. The van der Waals surface area contributed by atoms with E-state index in [0.29, 0.717) is 6.54 Å². The summed E-state index contributed by atoms with van der Waals surface area (Å²) in [6.07, 6.45) is 1.61. The zero-order valence-electron chi connectivity index (χ0n) is 5.13. The molecule has 0 rings (SSSR count). The van der Waals surface area contributed by atoms with Crippen LogP contribution in [0.3, 0.4) is 0 Å². The van der Waals surface area contributed by atoms with E-state index in [1.165, 1.54) is 0 Å². The van der Waals surface area contributed by atoms with E-state index in [1.807, 2.05) is 6.92 Å². The van der Waals surface area contributed by atoms with Gasteiger partial charge in [-0.25, -0.2) is 0 Å². The molecule has 0 atom stereocenters. The molecule has 0 aliphatic rings. The zero-order chi connectivity index (χ0) is 6.24. The second-order valence-corrected chi connectivity index (χ2v) is 1.04. The van der Waals surface area contributed by atoms with E-state index in [-0.39, 0.29) is 0 Å². The highest BCUT2D eigenvalue weighted by atomic mass is 15.6. The topological polar surface area (TPSA) is 49.1 Å². The minimum absolute atomic E-state index is 0.687. The lowest BCUT2D eigenvalue weighted by Gasteiger charge is -1.81. The minimum Gasteiger partial charge on any atom is -0.180 e. The number of rotatable bonds is 3. The minimum atomic E-state index is 0.687. The van der Waals surface area contributed by atoms with Crippen LogP contribution in [-0.2, 0) is 0 Å². The van der Waals surface area contributed by atoms with Gasteiger partial charge < -0.3 is 0 Å². The summed E-state index contributed by atoms with van der Waals surface area (Å²) < 4.78 is 0. The molecule has 0 amide bonds. The Labute approximate surface area is 48.7 Å². The van der Waals surface area contributed by atoms with Gasteiger partial charge in [0.05, 0.1) is 6.54 Å². The fraction of sp³-hybridized carbons (Fsp3) is 0.750. The average molecular weight is 114 g/mol. The second kappa shape index (κ2) is 6.07. The molecule has 0 saturated heterocycles. The summed E-state index contributed by atoms with van der Waals surface area (Å²) in [7, 11) is 0. The van der Waals surface area contributed by atoms with E-state index in [0.717, 1.165) is 0 Å². The highest BCUT2D eigenvalue weighted by Gasteiger charge is 1.62. The van der Waals surface area contributed by atoms with Crippen molar-refractivity contribution in [3.05, 3.63) is 0 Å². The third-order valence-electron chi connectivity index (χ3n) is 0.444. The largest absolute Gasteiger partial charge is 0.180 e. The van der Waals surface area contributed by atoms with Crippen molar-refractivity contribution < 1.29 is 0 Å². The fourth-order valence-electron chi connectivity index (χ4n) is 0.186. The summed E-state index contributed by atoms with van der Waals surface area (Å²) in [4.78, 5) is 0. The molecule has 0 saturated carbocycles. The van der Waals surface area contributed by atoms with Crippen LogP contribution in [0.15, 0.2) is 15.4 Å². The Morgan fingerprint density at radius 2 is 2.38 bits per heavy atom. The zero-order valence-corrected chi connectivity index (χ0v) is 5.13. The molecule has 4 nitrogen and oxygen atoms in total. The molecule has 0 unspecified atom stereocenters. The highest BCUT2D eigenvalue weighted by molar-refractivity contribution is 5.52. The maximum absolute atomic E-state index is 3.61. The molecule has 0 aromatic heterocycles. The third-order valence-corrected chi connectivity index (χ3v) is 0.444. The van der Waals surface area contributed by atoms with Gasteiger partial charge in [0, 0.05) is 6.21 Å². The number of hydrogen-bond donors (Lipinski definition) is 1. The summed E-state index contributed by atoms with van der Waals surface area (Å²) >= 11 is 0. The first kappa shape index (κ1) is 7.07. The van der Waals surface area contributed by atoms with Gasteiger partial charge in [-0.2, -0.15) is 15.8 Å². The molecule has 46 valence electrons. The molecule has 0 aromatic rings. The second-order valence-electron chi connectivity index (χ2n) is 1.04. The number of nitrogens with zero attached hydrogens (tertiary/aromatic N) is 3. The molecular formula is C4H10N4. The Bertz CT molecular complexity index is 86.0. The standard InChI is InChI=1S/C4H10N4/c1-3-5-7-8-6-4-2/h3H,4H2,1-2H3,(H,6,7)/b5-3+. The number of hydrazone groups is 1. The van der Waals surface area contributed by atoms with Crippen LogP contribution in [0.1, 0.15) is 13.8 Å². The van der Waals surface area contributed by atoms with Crippen molar-refractivity contribution in [2.24, 2.45) is 15.4 Å². The van der Waals surface area contributed by atoms with Crippen LogP contribution in [0.25, 0.3) is 0 Å². The molecule has 1 N–H and O–H groups in total. The summed E-state index contributed by atoms with van der Waals surface area (Å²) in [6, 6.07) is 0. The van der Waals surface area contributed by atoms with E-state index in [2.05, 4.69) is 21.0 Å². The van der Waals surface area contributed by atoms with Gasteiger partial charge in [-0.1, -0.05) is 5.22 Å². The Kier molecular flexibility index (Phi) is 5.36. The average Bonchev–Trinajstić information content (AvgIpc) is 1.81. The van der Waals surface area contributed by atoms with Crippen LogP contribution in [-0.4, -0.2) is 12.8 Å². The van der Waals surface area contributed by atoms with Gasteiger partial charge in [0.25, 0.3) is 0 Å². The van der Waals surface area contributed by atoms with Crippen molar-refractivity contribution in [2.75, 3.05) is 6.54 Å². The first-order valence-electron chi connectivity index (χ1n) is 2.51. The third kappa shape index (κ3) is 5.07. The smallest absolute Gasteiger partial charge is 0.0592 e. The fourth-order valence-corrected chi connectivity index (χ4v) is 0.186. The molecule has 0 fully saturated rings. The van der Waals surface area contributed by atoms with Gasteiger partial charge in [0.15, 0.2) is 0 Å². The van der Waals surface area contributed by atoms with E-state index < -0.39 is 0 Å². The van der Waals surface area contributed by atoms with Crippen molar-refractivity contribution in [1.82, 2.24) is 5.53 Å². The first-order chi connectivity index (χ1) is 3.91. The predicted molar refractivity (Wildman–Crippen MR) is 32.7 cm³/mol.